The van der Waals surface area contributed by atoms with E-state index in [0.29, 0.717) is 23.7 Å². The van der Waals surface area contributed by atoms with Crippen LogP contribution in [0.4, 0.5) is 0 Å². The molecule has 3 aliphatic carbocycles. The van der Waals surface area contributed by atoms with E-state index in [4.69, 9.17) is 18.6 Å². The van der Waals surface area contributed by atoms with Gasteiger partial charge < -0.3 is 34.0 Å². The molecular weight excluding hydrogens is 789 g/mol. The summed E-state index contributed by atoms with van der Waals surface area (Å²) in [5.74, 6) is -3.37. The number of fused-ring (bicyclic) bond motifs is 5. The monoisotopic (exact) mass is 844 g/mol. The van der Waals surface area contributed by atoms with E-state index < -0.39 is 84.5 Å². The molecule has 2 bridgehead atoms. The van der Waals surface area contributed by atoms with Crippen molar-refractivity contribution in [3.8, 4) is 0 Å². The van der Waals surface area contributed by atoms with Gasteiger partial charge in [0.05, 0.1) is 35.7 Å². The lowest BCUT2D eigenvalue weighted by molar-refractivity contribution is -0.344. The second-order valence-corrected chi connectivity index (χ2v) is 22.1. The van der Waals surface area contributed by atoms with Crippen LogP contribution in [-0.2, 0) is 46.4 Å². The van der Waals surface area contributed by atoms with Gasteiger partial charge in [0.2, 0.25) is 8.32 Å². The Morgan fingerprint density at radius 2 is 1.28 bits per heavy atom. The Kier molecular flexibility index (Phi) is 11.4. The van der Waals surface area contributed by atoms with Gasteiger partial charge in [-0.15, -0.1) is 0 Å². The smallest absolute Gasteiger partial charge is 0.338 e. The molecule has 1 saturated heterocycles. The van der Waals surface area contributed by atoms with Gasteiger partial charge >= 0.3 is 11.9 Å². The lowest BCUT2D eigenvalue weighted by atomic mass is 9.44. The normalized spacial score (nSPS) is 31.7. The number of ketones is 1. The highest BCUT2D eigenvalue weighted by Gasteiger charge is 2.78. The second-order valence-electron chi connectivity index (χ2n) is 18.4. The first-order valence-electron chi connectivity index (χ1n) is 21.3. The van der Waals surface area contributed by atoms with Crippen LogP contribution in [0.15, 0.2) is 132 Å². The Balaban J connectivity index is 1.38. The third-order valence-corrected chi connectivity index (χ3v) is 18.4. The number of Topliss-reactive ketones (excluding diaryl/α,β-unsaturated/α-hetero) is 1. The van der Waals surface area contributed by atoms with Crippen LogP contribution in [0.5, 0.6) is 0 Å². The highest BCUT2D eigenvalue weighted by atomic mass is 28.4. The number of carbonyl (C=O) groups is 3. The maximum atomic E-state index is 15.9. The third kappa shape index (κ3) is 7.32. The van der Waals surface area contributed by atoms with E-state index in [-0.39, 0.29) is 30.6 Å². The number of aliphatic hydroxyl groups is 3. The molecule has 61 heavy (non-hydrogen) atoms. The van der Waals surface area contributed by atoms with Gasteiger partial charge in [0.15, 0.2) is 11.4 Å². The molecule has 0 aromatic heterocycles. The van der Waals surface area contributed by atoms with Gasteiger partial charge in [-0.1, -0.05) is 123 Å². The molecule has 320 valence electrons. The van der Waals surface area contributed by atoms with Crippen molar-refractivity contribution in [2.24, 2.45) is 16.7 Å². The minimum atomic E-state index is -3.22. The summed E-state index contributed by atoms with van der Waals surface area (Å²) < 4.78 is 27.2. The van der Waals surface area contributed by atoms with Crippen molar-refractivity contribution >= 4 is 26.0 Å². The predicted molar refractivity (Wildman–Crippen MR) is 230 cm³/mol. The Labute approximate surface area is 358 Å². The van der Waals surface area contributed by atoms with Crippen molar-refractivity contribution in [3.63, 3.8) is 0 Å². The van der Waals surface area contributed by atoms with Gasteiger partial charge in [0.1, 0.15) is 23.9 Å². The fourth-order valence-corrected chi connectivity index (χ4v) is 15.8. The Hall–Kier alpha value is -4.75. The van der Waals surface area contributed by atoms with Crippen LogP contribution in [-0.4, -0.2) is 89.7 Å². The van der Waals surface area contributed by atoms with E-state index in [1.807, 2.05) is 54.6 Å². The summed E-state index contributed by atoms with van der Waals surface area (Å²) in [5, 5.41) is 37.8. The highest BCUT2D eigenvalue weighted by Crippen LogP contribution is 2.64. The molecule has 2 saturated carbocycles. The number of hydrogen-bond donors (Lipinski definition) is 3. The Morgan fingerprint density at radius 1 is 0.787 bits per heavy atom. The zero-order chi connectivity index (χ0) is 43.4. The van der Waals surface area contributed by atoms with Crippen LogP contribution in [0, 0.1) is 16.7 Å². The van der Waals surface area contributed by atoms with E-state index in [1.54, 1.807) is 58.0 Å². The molecule has 4 aromatic carbocycles. The molecule has 0 spiro atoms. The van der Waals surface area contributed by atoms with Crippen LogP contribution in [0.3, 0.4) is 0 Å². The number of esters is 2. The summed E-state index contributed by atoms with van der Waals surface area (Å²) in [4.78, 5) is 43.7. The van der Waals surface area contributed by atoms with Crippen molar-refractivity contribution in [1.82, 2.24) is 0 Å². The summed E-state index contributed by atoms with van der Waals surface area (Å²) in [6.07, 6.45) is -6.71. The van der Waals surface area contributed by atoms with Gasteiger partial charge in [-0.2, -0.15) is 0 Å². The van der Waals surface area contributed by atoms with Crippen molar-refractivity contribution < 1.29 is 48.3 Å². The number of hydrogen-bond acceptors (Lipinski definition) is 10. The molecular formula is C50H56O10Si. The van der Waals surface area contributed by atoms with Crippen molar-refractivity contribution in [2.75, 3.05) is 6.61 Å². The number of carbonyl (C=O) groups excluding carboxylic acids is 3. The van der Waals surface area contributed by atoms with E-state index in [2.05, 4.69) is 36.4 Å². The van der Waals surface area contributed by atoms with E-state index in [0.717, 1.165) is 16.7 Å². The third-order valence-electron chi connectivity index (χ3n) is 14.4. The van der Waals surface area contributed by atoms with Crippen LogP contribution in [0.1, 0.15) is 74.5 Å². The minimum absolute atomic E-state index is 0.105. The Bertz CT molecular complexity index is 2180. The van der Waals surface area contributed by atoms with Gasteiger partial charge in [-0.05, 0) is 71.9 Å². The number of aliphatic hydroxyl groups excluding tert-OH is 2. The number of benzene rings is 4. The topological polar surface area (TPSA) is 149 Å². The number of rotatable bonds is 11. The van der Waals surface area contributed by atoms with Crippen LogP contribution < -0.4 is 0 Å². The molecule has 4 aliphatic rings. The van der Waals surface area contributed by atoms with Crippen LogP contribution >= 0.6 is 0 Å². The highest BCUT2D eigenvalue weighted by molar-refractivity contribution is 6.72. The zero-order valence-corrected chi connectivity index (χ0v) is 36.5. The summed E-state index contributed by atoms with van der Waals surface area (Å²) in [6, 6.07) is 40.4. The van der Waals surface area contributed by atoms with Crippen molar-refractivity contribution in [1.29, 1.82) is 0 Å². The molecule has 3 fully saturated rings. The van der Waals surface area contributed by atoms with Gasteiger partial charge in [0, 0.05) is 25.2 Å². The van der Waals surface area contributed by atoms with Crippen molar-refractivity contribution in [3.05, 3.63) is 155 Å². The molecule has 0 radical (unpaired) electrons. The SMILES string of the molecule is CC(=O)O[C@@]12CO[C@@H]1C[C@H](O[Si](Cc1ccccc1)(Cc1ccccc1)Cc1ccccc1)[C@@]1(C)C(=O)[C@H](O)C3=C(C)[C@@H](O)C[C@@](O)([C@@H](OC(=O)c4ccccc4)C12)C3(C)C. The molecule has 8 rings (SSSR count). The molecule has 4 aromatic rings. The van der Waals surface area contributed by atoms with E-state index >= 15 is 4.79 Å². The van der Waals surface area contributed by atoms with Crippen LogP contribution in [0.25, 0.3) is 0 Å². The first-order valence-corrected chi connectivity index (χ1v) is 23.8. The molecule has 0 amide bonds. The minimum Gasteiger partial charge on any atom is -0.455 e. The fraction of sp³-hybridized carbons (Fsp3) is 0.420. The maximum absolute atomic E-state index is 15.9. The van der Waals surface area contributed by atoms with E-state index in [1.165, 1.54) is 6.92 Å². The molecule has 11 heteroatoms. The molecule has 1 unspecified atom stereocenters. The molecule has 10 nitrogen and oxygen atoms in total. The molecule has 1 aliphatic heterocycles. The zero-order valence-electron chi connectivity index (χ0n) is 35.5. The first-order chi connectivity index (χ1) is 29.0. The van der Waals surface area contributed by atoms with Crippen LogP contribution in [0.2, 0.25) is 0 Å². The molecule has 9 atom stereocenters. The fourth-order valence-electron chi connectivity index (χ4n) is 11.3. The molecule has 1 heterocycles. The Morgan fingerprint density at radius 3 is 1.74 bits per heavy atom. The predicted octanol–water partition coefficient (Wildman–Crippen LogP) is 6.40. The average molecular weight is 845 g/mol. The van der Waals surface area contributed by atoms with E-state index in [9.17, 15) is 24.9 Å². The second kappa shape index (κ2) is 16.2. The van der Waals surface area contributed by atoms with Crippen molar-refractivity contribution in [2.45, 2.75) is 107 Å². The quantitative estimate of drug-likeness (QED) is 0.0881. The summed E-state index contributed by atoms with van der Waals surface area (Å²) in [5.41, 5.74) is -3.01. The maximum Gasteiger partial charge on any atom is 0.338 e. The summed E-state index contributed by atoms with van der Waals surface area (Å²) in [6.45, 7) is 7.89. The first kappa shape index (κ1) is 42.9. The summed E-state index contributed by atoms with van der Waals surface area (Å²) in [7, 11) is -3.22. The van der Waals surface area contributed by atoms with Gasteiger partial charge in [0.25, 0.3) is 0 Å². The lowest BCUT2D eigenvalue weighted by Gasteiger charge is -2.68. The van der Waals surface area contributed by atoms with Gasteiger partial charge in [-0.3, -0.25) is 9.59 Å². The summed E-state index contributed by atoms with van der Waals surface area (Å²) >= 11 is 0. The standard InChI is InChI=1S/C50H56O10Si/c1-32-38(52)27-50(56)45(58-46(55)37-24-16-9-17-25-37)43-48(5,44(54)42(53)41(32)47(50,3)4)39(26-40-49(43,31-57-40)59-33(2)51)60-61(28-34-18-10-6-11-19-34,29-35-20-12-7-13-21-35)30-36-22-14-8-15-23-36/h6-25,38-40,42-43,45,52-53,56H,26-31H2,1-5H3/t38-,39-,40+,42+,43?,45-,48+,49-,50+/m0/s1. The van der Waals surface area contributed by atoms with Gasteiger partial charge in [-0.25, -0.2) is 4.79 Å². The molecule has 3 N–H and O–H groups in total. The lowest BCUT2D eigenvalue weighted by Crippen LogP contribution is -2.82. The largest absolute Gasteiger partial charge is 0.455 e. The average Bonchev–Trinajstić information content (AvgIpc) is 3.23. The number of ether oxygens (including phenoxy) is 3.